The Labute approximate surface area is 157 Å². The lowest BCUT2D eigenvalue weighted by atomic mass is 10.3. The second kappa shape index (κ2) is 9.65. The summed E-state index contributed by atoms with van der Waals surface area (Å²) in [6.07, 6.45) is 1.68. The first kappa shape index (κ1) is 19.6. The van der Waals surface area contributed by atoms with Crippen LogP contribution in [0.25, 0.3) is 0 Å². The Balaban J connectivity index is 1.85. The van der Waals surface area contributed by atoms with Crippen LogP contribution in [0.3, 0.4) is 0 Å². The molecule has 25 heavy (non-hydrogen) atoms. The van der Waals surface area contributed by atoms with Gasteiger partial charge in [0.2, 0.25) is 0 Å². The molecule has 6 nitrogen and oxygen atoms in total. The number of carbonyl (C=O) groups is 1. The summed E-state index contributed by atoms with van der Waals surface area (Å²) in [5.41, 5.74) is 0.348. The normalized spacial score (nSPS) is 10.9. The third-order valence-corrected chi connectivity index (χ3v) is 4.55. The van der Waals surface area contributed by atoms with Crippen LogP contribution in [0.1, 0.15) is 24.3 Å². The standard InChI is InChI=1S/C17H22Cl2N4O2/c1-3-22(4-2)11-9-20-17(24)14-8-10-23(21-14)12-25-15-7-5-6-13(18)16(15)19/h5-8,10H,3-4,9,11-12H2,1-2H3,(H,20,24). The number of rotatable bonds is 9. The second-order valence-corrected chi connectivity index (χ2v) is 6.13. The highest BCUT2D eigenvalue weighted by Crippen LogP contribution is 2.31. The van der Waals surface area contributed by atoms with Crippen LogP contribution in [0.5, 0.6) is 5.75 Å². The first-order valence-electron chi connectivity index (χ1n) is 8.16. The Hall–Kier alpha value is -1.76. The second-order valence-electron chi connectivity index (χ2n) is 5.35. The highest BCUT2D eigenvalue weighted by Gasteiger charge is 2.10. The summed E-state index contributed by atoms with van der Waals surface area (Å²) >= 11 is 12.0. The van der Waals surface area contributed by atoms with E-state index >= 15 is 0 Å². The van der Waals surface area contributed by atoms with Crippen molar-refractivity contribution < 1.29 is 9.53 Å². The SMILES string of the molecule is CCN(CC)CCNC(=O)c1ccn(COc2cccc(Cl)c2Cl)n1. The van der Waals surface area contributed by atoms with Crippen LogP contribution in [0.2, 0.25) is 10.0 Å². The molecular formula is C17H22Cl2N4O2. The summed E-state index contributed by atoms with van der Waals surface area (Å²) in [5, 5.41) is 7.85. The largest absolute Gasteiger partial charge is 0.470 e. The lowest BCUT2D eigenvalue weighted by molar-refractivity contribution is 0.0942. The van der Waals surface area contributed by atoms with Crippen molar-refractivity contribution >= 4 is 29.1 Å². The van der Waals surface area contributed by atoms with E-state index in [0.29, 0.717) is 28.0 Å². The fourth-order valence-corrected chi connectivity index (χ4v) is 2.59. The molecule has 0 saturated carbocycles. The third-order valence-electron chi connectivity index (χ3n) is 3.75. The van der Waals surface area contributed by atoms with Gasteiger partial charge in [0.25, 0.3) is 5.91 Å². The van der Waals surface area contributed by atoms with Gasteiger partial charge in [-0.05, 0) is 31.3 Å². The van der Waals surface area contributed by atoms with Crippen LogP contribution in [0, 0.1) is 0 Å². The van der Waals surface area contributed by atoms with Gasteiger partial charge >= 0.3 is 0 Å². The van der Waals surface area contributed by atoms with Gasteiger partial charge in [-0.1, -0.05) is 43.1 Å². The molecule has 0 aliphatic rings. The van der Waals surface area contributed by atoms with E-state index < -0.39 is 0 Å². The zero-order chi connectivity index (χ0) is 18.2. The lowest BCUT2D eigenvalue weighted by Crippen LogP contribution is -2.35. The molecule has 0 aliphatic carbocycles. The molecule has 1 aromatic carbocycles. The van der Waals surface area contributed by atoms with E-state index in [2.05, 4.69) is 29.2 Å². The fraction of sp³-hybridized carbons (Fsp3) is 0.412. The van der Waals surface area contributed by atoms with E-state index in [-0.39, 0.29) is 12.6 Å². The minimum Gasteiger partial charge on any atom is -0.470 e. The Morgan fingerprint density at radius 1 is 1.28 bits per heavy atom. The number of ether oxygens (including phenoxy) is 1. The number of aromatic nitrogens is 2. The number of likely N-dealkylation sites (N-methyl/N-ethyl adjacent to an activating group) is 1. The van der Waals surface area contributed by atoms with E-state index in [1.807, 2.05) is 0 Å². The zero-order valence-electron chi connectivity index (χ0n) is 14.3. The summed E-state index contributed by atoms with van der Waals surface area (Å²) in [7, 11) is 0. The topological polar surface area (TPSA) is 59.4 Å². The van der Waals surface area contributed by atoms with Crippen molar-refractivity contribution in [2.45, 2.75) is 20.6 Å². The Morgan fingerprint density at radius 3 is 2.76 bits per heavy atom. The number of nitrogens with zero attached hydrogens (tertiary/aromatic N) is 3. The third kappa shape index (κ3) is 5.63. The smallest absolute Gasteiger partial charge is 0.271 e. The molecule has 1 amide bonds. The van der Waals surface area contributed by atoms with Crippen molar-refractivity contribution in [3.8, 4) is 5.75 Å². The van der Waals surface area contributed by atoms with Gasteiger partial charge in [-0.25, -0.2) is 4.68 Å². The van der Waals surface area contributed by atoms with Gasteiger partial charge in [-0.15, -0.1) is 0 Å². The molecule has 2 aromatic rings. The number of nitrogens with one attached hydrogen (secondary N) is 1. The van der Waals surface area contributed by atoms with Crippen LogP contribution < -0.4 is 10.1 Å². The molecule has 0 unspecified atom stereocenters. The summed E-state index contributed by atoms with van der Waals surface area (Å²) in [4.78, 5) is 14.3. The predicted octanol–water partition coefficient (Wildman–Crippen LogP) is 3.30. The molecule has 8 heteroatoms. The zero-order valence-corrected chi connectivity index (χ0v) is 15.8. The number of carbonyl (C=O) groups excluding carboxylic acids is 1. The molecule has 1 N–H and O–H groups in total. The average Bonchev–Trinajstić information content (AvgIpc) is 3.09. The minimum atomic E-state index is -0.202. The van der Waals surface area contributed by atoms with Crippen LogP contribution in [-0.4, -0.2) is 46.8 Å². The number of benzene rings is 1. The quantitative estimate of drug-likeness (QED) is 0.720. The lowest BCUT2D eigenvalue weighted by Gasteiger charge is -2.17. The number of hydrogen-bond acceptors (Lipinski definition) is 4. The van der Waals surface area contributed by atoms with Crippen LogP contribution >= 0.6 is 23.2 Å². The Kier molecular flexibility index (Phi) is 7.55. The van der Waals surface area contributed by atoms with Gasteiger partial charge in [0.05, 0.1) is 5.02 Å². The number of amides is 1. The van der Waals surface area contributed by atoms with Crippen LogP contribution in [-0.2, 0) is 6.73 Å². The molecule has 0 bridgehead atoms. The molecule has 2 rings (SSSR count). The molecule has 0 saturated heterocycles. The summed E-state index contributed by atoms with van der Waals surface area (Å²) in [5.74, 6) is 0.265. The molecule has 0 aliphatic heterocycles. The van der Waals surface area contributed by atoms with Crippen molar-refractivity contribution in [2.75, 3.05) is 26.2 Å². The monoisotopic (exact) mass is 384 g/mol. The van der Waals surface area contributed by atoms with Crippen molar-refractivity contribution in [1.29, 1.82) is 0 Å². The first-order valence-corrected chi connectivity index (χ1v) is 8.91. The van der Waals surface area contributed by atoms with E-state index in [0.717, 1.165) is 19.6 Å². The Bertz CT molecular complexity index is 702. The van der Waals surface area contributed by atoms with E-state index in [1.54, 1.807) is 30.5 Å². The number of hydrogen-bond donors (Lipinski definition) is 1. The molecule has 0 radical (unpaired) electrons. The van der Waals surface area contributed by atoms with Crippen LogP contribution in [0.4, 0.5) is 0 Å². The van der Waals surface area contributed by atoms with Gasteiger partial charge in [0.15, 0.2) is 6.73 Å². The highest BCUT2D eigenvalue weighted by atomic mass is 35.5. The molecular weight excluding hydrogens is 363 g/mol. The van der Waals surface area contributed by atoms with E-state index in [1.165, 1.54) is 4.68 Å². The molecule has 1 heterocycles. The maximum Gasteiger partial charge on any atom is 0.271 e. The Morgan fingerprint density at radius 2 is 2.04 bits per heavy atom. The molecule has 136 valence electrons. The number of halogens is 2. The maximum atomic E-state index is 12.1. The summed E-state index contributed by atoms with van der Waals surface area (Å²) < 4.78 is 7.11. The van der Waals surface area contributed by atoms with E-state index in [9.17, 15) is 4.79 Å². The van der Waals surface area contributed by atoms with Crippen molar-refractivity contribution in [3.05, 3.63) is 46.2 Å². The predicted molar refractivity (Wildman–Crippen MR) is 99.4 cm³/mol. The van der Waals surface area contributed by atoms with Crippen molar-refractivity contribution in [1.82, 2.24) is 20.0 Å². The maximum absolute atomic E-state index is 12.1. The minimum absolute atomic E-state index is 0.132. The molecule has 0 atom stereocenters. The van der Waals surface area contributed by atoms with Gasteiger partial charge in [0.1, 0.15) is 16.5 Å². The summed E-state index contributed by atoms with van der Waals surface area (Å²) in [6.45, 7) is 7.65. The van der Waals surface area contributed by atoms with Crippen molar-refractivity contribution in [2.24, 2.45) is 0 Å². The average molecular weight is 385 g/mol. The van der Waals surface area contributed by atoms with Gasteiger partial charge in [-0.2, -0.15) is 5.10 Å². The van der Waals surface area contributed by atoms with Gasteiger partial charge in [-0.3, -0.25) is 4.79 Å². The molecule has 0 spiro atoms. The van der Waals surface area contributed by atoms with Gasteiger partial charge in [0, 0.05) is 19.3 Å². The highest BCUT2D eigenvalue weighted by molar-refractivity contribution is 6.42. The van der Waals surface area contributed by atoms with Crippen molar-refractivity contribution in [3.63, 3.8) is 0 Å². The first-order chi connectivity index (χ1) is 12.0. The fourth-order valence-electron chi connectivity index (χ4n) is 2.24. The van der Waals surface area contributed by atoms with Gasteiger partial charge < -0.3 is 15.0 Å². The molecule has 1 aromatic heterocycles. The molecule has 0 fully saturated rings. The van der Waals surface area contributed by atoms with Crippen LogP contribution in [0.15, 0.2) is 30.5 Å². The van der Waals surface area contributed by atoms with E-state index in [4.69, 9.17) is 27.9 Å². The summed E-state index contributed by atoms with van der Waals surface area (Å²) in [6, 6.07) is 6.81.